The summed E-state index contributed by atoms with van der Waals surface area (Å²) in [6, 6.07) is 3.27. The number of hydrogen-bond donors (Lipinski definition) is 2. The number of amides is 1. The van der Waals surface area contributed by atoms with Gasteiger partial charge in [0.25, 0.3) is 5.91 Å². The van der Waals surface area contributed by atoms with Crippen molar-refractivity contribution in [2.45, 2.75) is 33.0 Å². The third-order valence-electron chi connectivity index (χ3n) is 4.19. The second kappa shape index (κ2) is 6.78. The minimum absolute atomic E-state index is 0.123. The van der Waals surface area contributed by atoms with Crippen molar-refractivity contribution in [3.8, 4) is 11.5 Å². The van der Waals surface area contributed by atoms with E-state index in [1.165, 1.54) is 11.8 Å². The maximum absolute atomic E-state index is 12.4. The van der Waals surface area contributed by atoms with Gasteiger partial charge >= 0.3 is 0 Å². The average Bonchev–Trinajstić information content (AvgIpc) is 2.92. The lowest BCUT2D eigenvalue weighted by molar-refractivity contribution is -0.907. The SMILES string of the molecule is CC(=O)c1cc2c(cc1NC(=O)C[NH+]1C[C@H](C)O[C@@H](C)C1)OCO2. The first kappa shape index (κ1) is 16.7. The molecule has 1 aromatic rings. The smallest absolute Gasteiger partial charge is 0.279 e. The zero-order chi connectivity index (χ0) is 17.3. The molecule has 2 N–H and O–H groups in total. The van der Waals surface area contributed by atoms with Crippen LogP contribution in [-0.2, 0) is 9.53 Å². The molecule has 24 heavy (non-hydrogen) atoms. The largest absolute Gasteiger partial charge is 0.454 e. The van der Waals surface area contributed by atoms with Gasteiger partial charge in [0.05, 0.1) is 5.69 Å². The first-order chi connectivity index (χ1) is 11.4. The lowest BCUT2D eigenvalue weighted by Crippen LogP contribution is -3.16. The summed E-state index contributed by atoms with van der Waals surface area (Å²) in [5.74, 6) is 0.799. The van der Waals surface area contributed by atoms with Crippen molar-refractivity contribution >= 4 is 17.4 Å². The zero-order valence-corrected chi connectivity index (χ0v) is 14.2. The molecule has 3 rings (SSSR count). The predicted molar refractivity (Wildman–Crippen MR) is 86.8 cm³/mol. The lowest BCUT2D eigenvalue weighted by atomic mass is 10.1. The Bertz CT molecular complexity index is 651. The van der Waals surface area contributed by atoms with Crippen molar-refractivity contribution < 1.29 is 28.7 Å². The van der Waals surface area contributed by atoms with Crippen molar-refractivity contribution in [2.75, 3.05) is 31.7 Å². The molecule has 1 amide bonds. The van der Waals surface area contributed by atoms with E-state index in [9.17, 15) is 9.59 Å². The molecule has 2 heterocycles. The van der Waals surface area contributed by atoms with Gasteiger partial charge in [-0.25, -0.2) is 0 Å². The fourth-order valence-electron chi connectivity index (χ4n) is 3.29. The highest BCUT2D eigenvalue weighted by Gasteiger charge is 2.28. The van der Waals surface area contributed by atoms with Crippen molar-refractivity contribution in [1.29, 1.82) is 0 Å². The number of hydrogen-bond acceptors (Lipinski definition) is 5. The second-order valence-corrected chi connectivity index (χ2v) is 6.45. The van der Waals surface area contributed by atoms with Crippen LogP contribution in [0.3, 0.4) is 0 Å². The van der Waals surface area contributed by atoms with E-state index in [0.717, 1.165) is 13.1 Å². The van der Waals surface area contributed by atoms with Gasteiger partial charge in [0, 0.05) is 11.6 Å². The Morgan fingerprint density at radius 1 is 1.17 bits per heavy atom. The van der Waals surface area contributed by atoms with Gasteiger partial charge in [-0.15, -0.1) is 0 Å². The molecule has 7 nitrogen and oxygen atoms in total. The Balaban J connectivity index is 1.71. The van der Waals surface area contributed by atoms with E-state index >= 15 is 0 Å². The number of ether oxygens (including phenoxy) is 3. The first-order valence-electron chi connectivity index (χ1n) is 8.16. The summed E-state index contributed by atoms with van der Waals surface area (Å²) in [4.78, 5) is 25.4. The monoisotopic (exact) mass is 335 g/mol. The van der Waals surface area contributed by atoms with Gasteiger partial charge in [0.1, 0.15) is 25.3 Å². The summed E-state index contributed by atoms with van der Waals surface area (Å²) in [6.45, 7) is 7.53. The number of morpholine rings is 1. The van der Waals surface area contributed by atoms with E-state index in [1.807, 2.05) is 13.8 Å². The number of fused-ring (bicyclic) bond motifs is 1. The highest BCUT2D eigenvalue weighted by molar-refractivity contribution is 6.04. The van der Waals surface area contributed by atoms with Crippen LogP contribution in [0.1, 0.15) is 31.1 Å². The number of nitrogens with one attached hydrogen (secondary N) is 2. The molecule has 2 aliphatic heterocycles. The molecule has 0 unspecified atom stereocenters. The van der Waals surface area contributed by atoms with Crippen LogP contribution in [0.2, 0.25) is 0 Å². The molecule has 2 aliphatic rings. The minimum Gasteiger partial charge on any atom is -0.454 e. The van der Waals surface area contributed by atoms with Gasteiger partial charge < -0.3 is 24.4 Å². The maximum atomic E-state index is 12.4. The van der Waals surface area contributed by atoms with Gasteiger partial charge in [0.2, 0.25) is 6.79 Å². The van der Waals surface area contributed by atoms with Gasteiger partial charge in [-0.2, -0.15) is 0 Å². The van der Waals surface area contributed by atoms with Crippen LogP contribution in [0.15, 0.2) is 12.1 Å². The highest BCUT2D eigenvalue weighted by Crippen LogP contribution is 2.37. The molecule has 1 aromatic carbocycles. The molecule has 0 radical (unpaired) electrons. The molecule has 130 valence electrons. The number of anilines is 1. The second-order valence-electron chi connectivity index (χ2n) is 6.45. The number of carbonyl (C=O) groups is 2. The van der Waals surface area contributed by atoms with Gasteiger partial charge in [-0.05, 0) is 26.8 Å². The number of rotatable bonds is 4. The standard InChI is InChI=1S/C17H22N2O5/c1-10-6-19(7-11(2)24-10)8-17(21)18-14-5-16-15(22-9-23-16)4-13(14)12(3)20/h4-5,10-11H,6-9H2,1-3H3,(H,18,21)/p+1/t10-,11-/m0/s1. The molecule has 1 fully saturated rings. The van der Waals surface area contributed by atoms with E-state index in [-0.39, 0.29) is 30.7 Å². The maximum Gasteiger partial charge on any atom is 0.279 e. The number of quaternary nitrogens is 1. The summed E-state index contributed by atoms with van der Waals surface area (Å²) >= 11 is 0. The van der Waals surface area contributed by atoms with Crippen molar-refractivity contribution in [3.05, 3.63) is 17.7 Å². The van der Waals surface area contributed by atoms with Crippen molar-refractivity contribution in [1.82, 2.24) is 0 Å². The predicted octanol–water partition coefficient (Wildman–Crippen LogP) is 0.249. The molecule has 1 saturated heterocycles. The Hall–Kier alpha value is -2.12. The summed E-state index contributed by atoms with van der Waals surface area (Å²) in [7, 11) is 0. The van der Waals surface area contributed by atoms with Crippen LogP contribution in [0.5, 0.6) is 11.5 Å². The molecular weight excluding hydrogens is 312 g/mol. The van der Waals surface area contributed by atoms with Gasteiger partial charge in [-0.3, -0.25) is 9.59 Å². The third kappa shape index (κ3) is 3.68. The Morgan fingerprint density at radius 2 is 1.79 bits per heavy atom. The number of Topliss-reactive ketones (excluding diaryl/α,β-unsaturated/α-hetero) is 1. The van der Waals surface area contributed by atoms with E-state index in [4.69, 9.17) is 14.2 Å². The van der Waals surface area contributed by atoms with Crippen LogP contribution in [0, 0.1) is 0 Å². The van der Waals surface area contributed by atoms with E-state index in [1.54, 1.807) is 12.1 Å². The third-order valence-corrected chi connectivity index (χ3v) is 4.19. The number of benzene rings is 1. The van der Waals surface area contributed by atoms with Crippen LogP contribution >= 0.6 is 0 Å². The quantitative estimate of drug-likeness (QED) is 0.771. The molecule has 0 spiro atoms. The minimum atomic E-state index is -0.135. The molecule has 7 heteroatoms. The normalized spacial score (nSPS) is 25.4. The van der Waals surface area contributed by atoms with Crippen LogP contribution in [0.25, 0.3) is 0 Å². The lowest BCUT2D eigenvalue weighted by Gasteiger charge is -2.31. The Labute approximate surface area is 140 Å². The topological polar surface area (TPSA) is 78.3 Å². The van der Waals surface area contributed by atoms with E-state index in [2.05, 4.69) is 5.32 Å². The molecule has 0 saturated carbocycles. The van der Waals surface area contributed by atoms with E-state index in [0.29, 0.717) is 29.3 Å². The van der Waals surface area contributed by atoms with Crippen LogP contribution in [0.4, 0.5) is 5.69 Å². The molecule has 2 atom stereocenters. The average molecular weight is 335 g/mol. The fraction of sp³-hybridized carbons (Fsp3) is 0.529. The van der Waals surface area contributed by atoms with Crippen LogP contribution in [-0.4, -0.2) is 50.3 Å². The number of carbonyl (C=O) groups excluding carboxylic acids is 2. The molecule has 0 aromatic heterocycles. The van der Waals surface area contributed by atoms with Crippen molar-refractivity contribution in [3.63, 3.8) is 0 Å². The summed E-state index contributed by atoms with van der Waals surface area (Å²) in [5, 5.41) is 2.84. The summed E-state index contributed by atoms with van der Waals surface area (Å²) in [5.41, 5.74) is 0.886. The summed E-state index contributed by atoms with van der Waals surface area (Å²) < 4.78 is 16.3. The zero-order valence-electron chi connectivity index (χ0n) is 14.2. The van der Waals surface area contributed by atoms with Gasteiger partial charge in [-0.1, -0.05) is 0 Å². The highest BCUT2D eigenvalue weighted by atomic mass is 16.7. The summed E-state index contributed by atoms with van der Waals surface area (Å²) in [6.07, 6.45) is 0.268. The molecule has 0 bridgehead atoms. The number of ketones is 1. The molecular formula is C17H23N2O5+. The van der Waals surface area contributed by atoms with Gasteiger partial charge in [0.15, 0.2) is 23.8 Å². The Morgan fingerprint density at radius 3 is 2.42 bits per heavy atom. The fourth-order valence-corrected chi connectivity index (χ4v) is 3.29. The first-order valence-corrected chi connectivity index (χ1v) is 8.16. The van der Waals surface area contributed by atoms with Crippen molar-refractivity contribution in [2.24, 2.45) is 0 Å². The van der Waals surface area contributed by atoms with E-state index < -0.39 is 0 Å². The molecule has 0 aliphatic carbocycles. The van der Waals surface area contributed by atoms with Crippen LogP contribution < -0.4 is 19.7 Å². The Kier molecular flexibility index (Phi) is 4.73.